The van der Waals surface area contributed by atoms with Crippen LogP contribution in [-0.2, 0) is 6.42 Å². The Morgan fingerprint density at radius 3 is 2.60 bits per heavy atom. The molecule has 0 aliphatic heterocycles. The molecule has 1 aromatic carbocycles. The van der Waals surface area contributed by atoms with Crippen molar-refractivity contribution in [2.24, 2.45) is 11.7 Å². The fourth-order valence-electron chi connectivity index (χ4n) is 1.29. The number of halogens is 2. The highest BCUT2D eigenvalue weighted by Crippen LogP contribution is 2.23. The summed E-state index contributed by atoms with van der Waals surface area (Å²) in [7, 11) is 0. The van der Waals surface area contributed by atoms with E-state index < -0.39 is 0 Å². The van der Waals surface area contributed by atoms with Crippen molar-refractivity contribution >= 4 is 15.9 Å². The van der Waals surface area contributed by atoms with Gasteiger partial charge in [0, 0.05) is 10.0 Å². The smallest absolute Gasteiger partial charge is 0.126 e. The third-order valence-electron chi connectivity index (χ3n) is 2.90. The van der Waals surface area contributed by atoms with Crippen LogP contribution in [0.5, 0.6) is 0 Å². The van der Waals surface area contributed by atoms with E-state index in [0.29, 0.717) is 17.9 Å². The molecule has 1 rings (SSSR count). The number of rotatable bonds is 3. The molecule has 1 aromatic rings. The molecule has 0 bridgehead atoms. The first kappa shape index (κ1) is 12.7. The predicted octanol–water partition coefficient (Wildman–Crippen LogP) is 3.50. The summed E-state index contributed by atoms with van der Waals surface area (Å²) in [5, 5.41) is 0. The fourth-order valence-corrected chi connectivity index (χ4v) is 1.70. The lowest BCUT2D eigenvalue weighted by Gasteiger charge is -2.29. The molecule has 3 heteroatoms. The zero-order valence-electron chi connectivity index (χ0n) is 9.35. The Balaban J connectivity index is 2.94. The van der Waals surface area contributed by atoms with E-state index in [-0.39, 0.29) is 11.4 Å². The molecule has 1 atom stereocenters. The van der Waals surface area contributed by atoms with Crippen molar-refractivity contribution in [1.82, 2.24) is 0 Å². The number of nitrogens with two attached hydrogens (primary N) is 1. The molecule has 0 fully saturated rings. The zero-order valence-corrected chi connectivity index (χ0v) is 10.9. The minimum atomic E-state index is -0.373. The first-order chi connectivity index (χ1) is 6.83. The third-order valence-corrected chi connectivity index (χ3v) is 3.39. The van der Waals surface area contributed by atoms with Crippen LogP contribution < -0.4 is 5.73 Å². The molecule has 1 nitrogen and oxygen atoms in total. The summed E-state index contributed by atoms with van der Waals surface area (Å²) < 4.78 is 14.4. The van der Waals surface area contributed by atoms with Crippen LogP contribution in [0, 0.1) is 11.7 Å². The maximum Gasteiger partial charge on any atom is 0.126 e. The van der Waals surface area contributed by atoms with Gasteiger partial charge in [0.25, 0.3) is 0 Å². The van der Waals surface area contributed by atoms with Crippen LogP contribution >= 0.6 is 15.9 Å². The first-order valence-corrected chi connectivity index (χ1v) is 5.85. The summed E-state index contributed by atoms with van der Waals surface area (Å²) in [6.07, 6.45) is 0.552. The molecular weight excluding hydrogens is 257 g/mol. The van der Waals surface area contributed by atoms with Crippen molar-refractivity contribution in [2.75, 3.05) is 0 Å². The molecule has 84 valence electrons. The standard InChI is InChI=1S/C12H17BrFN/c1-8(2)12(3,15)7-9-6-10(13)4-5-11(9)14/h4-6,8H,7,15H2,1-3H3. The van der Waals surface area contributed by atoms with E-state index in [0.717, 1.165) is 4.47 Å². The summed E-state index contributed by atoms with van der Waals surface area (Å²) in [5.74, 6) is 0.131. The Bertz CT molecular complexity index is 347. The zero-order chi connectivity index (χ0) is 11.6. The van der Waals surface area contributed by atoms with Gasteiger partial charge in [0.05, 0.1) is 0 Å². The molecule has 0 aliphatic rings. The van der Waals surface area contributed by atoms with E-state index in [2.05, 4.69) is 29.8 Å². The van der Waals surface area contributed by atoms with Gasteiger partial charge in [-0.1, -0.05) is 29.8 Å². The molecule has 0 aliphatic carbocycles. The summed E-state index contributed by atoms with van der Waals surface area (Å²) in [5.41, 5.74) is 6.42. The van der Waals surface area contributed by atoms with Crippen molar-refractivity contribution in [2.45, 2.75) is 32.7 Å². The number of hydrogen-bond acceptors (Lipinski definition) is 1. The van der Waals surface area contributed by atoms with Gasteiger partial charge in [-0.25, -0.2) is 4.39 Å². The average Bonchev–Trinajstić information content (AvgIpc) is 2.10. The highest BCUT2D eigenvalue weighted by atomic mass is 79.9. The number of hydrogen-bond donors (Lipinski definition) is 1. The topological polar surface area (TPSA) is 26.0 Å². The van der Waals surface area contributed by atoms with E-state index >= 15 is 0 Å². The van der Waals surface area contributed by atoms with Crippen LogP contribution in [0.1, 0.15) is 26.3 Å². The van der Waals surface area contributed by atoms with Crippen LogP contribution in [0.3, 0.4) is 0 Å². The van der Waals surface area contributed by atoms with Gasteiger partial charge >= 0.3 is 0 Å². The Morgan fingerprint density at radius 2 is 2.07 bits per heavy atom. The summed E-state index contributed by atoms with van der Waals surface area (Å²) in [6.45, 7) is 6.06. The molecular formula is C12H17BrFN. The molecule has 0 saturated carbocycles. The van der Waals surface area contributed by atoms with Gasteiger partial charge in [-0.05, 0) is 43.0 Å². The maximum atomic E-state index is 13.5. The molecule has 15 heavy (non-hydrogen) atoms. The molecule has 0 aromatic heterocycles. The second-order valence-electron chi connectivity index (χ2n) is 4.57. The molecule has 0 radical (unpaired) electrons. The monoisotopic (exact) mass is 273 g/mol. The van der Waals surface area contributed by atoms with Gasteiger partial charge in [0.1, 0.15) is 5.82 Å². The van der Waals surface area contributed by atoms with Crippen molar-refractivity contribution in [3.05, 3.63) is 34.1 Å². The quantitative estimate of drug-likeness (QED) is 0.896. The Hall–Kier alpha value is -0.410. The normalized spacial score (nSPS) is 15.4. The van der Waals surface area contributed by atoms with Gasteiger partial charge in [-0.2, -0.15) is 0 Å². The highest BCUT2D eigenvalue weighted by molar-refractivity contribution is 9.10. The average molecular weight is 274 g/mol. The molecule has 2 N–H and O–H groups in total. The SMILES string of the molecule is CC(C)C(C)(N)Cc1cc(Br)ccc1F. The lowest BCUT2D eigenvalue weighted by Crippen LogP contribution is -2.44. The molecule has 0 spiro atoms. The van der Waals surface area contributed by atoms with Crippen LogP contribution in [0.4, 0.5) is 4.39 Å². The second-order valence-corrected chi connectivity index (χ2v) is 5.49. The van der Waals surface area contributed by atoms with E-state index in [1.165, 1.54) is 6.07 Å². The highest BCUT2D eigenvalue weighted by Gasteiger charge is 2.24. The van der Waals surface area contributed by atoms with Crippen LogP contribution in [0.15, 0.2) is 22.7 Å². The Morgan fingerprint density at radius 1 is 1.47 bits per heavy atom. The third kappa shape index (κ3) is 3.28. The van der Waals surface area contributed by atoms with E-state index in [9.17, 15) is 4.39 Å². The molecule has 1 unspecified atom stereocenters. The van der Waals surface area contributed by atoms with Gasteiger partial charge in [0.15, 0.2) is 0 Å². The van der Waals surface area contributed by atoms with Crippen molar-refractivity contribution in [3.63, 3.8) is 0 Å². The minimum Gasteiger partial charge on any atom is -0.325 e. The van der Waals surface area contributed by atoms with Gasteiger partial charge < -0.3 is 5.73 Å². The van der Waals surface area contributed by atoms with E-state index in [4.69, 9.17) is 5.73 Å². The van der Waals surface area contributed by atoms with E-state index in [1.54, 1.807) is 12.1 Å². The second kappa shape index (κ2) is 4.62. The lowest BCUT2D eigenvalue weighted by atomic mass is 9.83. The summed E-state index contributed by atoms with van der Waals surface area (Å²) >= 11 is 3.33. The predicted molar refractivity (Wildman–Crippen MR) is 65.2 cm³/mol. The van der Waals surface area contributed by atoms with Crippen LogP contribution in [0.25, 0.3) is 0 Å². The van der Waals surface area contributed by atoms with Crippen molar-refractivity contribution < 1.29 is 4.39 Å². The Labute approximate surface area is 99.0 Å². The minimum absolute atomic E-state index is 0.185. The molecule has 0 amide bonds. The lowest BCUT2D eigenvalue weighted by molar-refractivity contribution is 0.333. The largest absolute Gasteiger partial charge is 0.325 e. The van der Waals surface area contributed by atoms with Crippen LogP contribution in [0.2, 0.25) is 0 Å². The fraction of sp³-hybridized carbons (Fsp3) is 0.500. The Kier molecular flexibility index (Phi) is 3.90. The van der Waals surface area contributed by atoms with Gasteiger partial charge in [0.2, 0.25) is 0 Å². The summed E-state index contributed by atoms with van der Waals surface area (Å²) in [4.78, 5) is 0. The van der Waals surface area contributed by atoms with E-state index in [1.807, 2.05) is 6.92 Å². The van der Waals surface area contributed by atoms with Gasteiger partial charge in [-0.3, -0.25) is 0 Å². The van der Waals surface area contributed by atoms with Crippen LogP contribution in [-0.4, -0.2) is 5.54 Å². The van der Waals surface area contributed by atoms with Crippen molar-refractivity contribution in [1.29, 1.82) is 0 Å². The maximum absolute atomic E-state index is 13.5. The molecule has 0 saturated heterocycles. The number of benzene rings is 1. The molecule has 0 heterocycles. The summed E-state index contributed by atoms with van der Waals surface area (Å²) in [6, 6.07) is 4.96. The first-order valence-electron chi connectivity index (χ1n) is 5.06. The van der Waals surface area contributed by atoms with Gasteiger partial charge in [-0.15, -0.1) is 0 Å². The van der Waals surface area contributed by atoms with Crippen molar-refractivity contribution in [3.8, 4) is 0 Å².